The molecule has 0 unspecified atom stereocenters. The molecule has 0 aliphatic heterocycles. The van der Waals surface area contributed by atoms with Crippen molar-refractivity contribution in [1.29, 1.82) is 0 Å². The van der Waals surface area contributed by atoms with Crippen LogP contribution in [-0.2, 0) is 14.3 Å². The van der Waals surface area contributed by atoms with Crippen LogP contribution in [-0.4, -0.2) is 24.1 Å². The SMILES string of the molecule is CCOC(=O)/C(=N/c1ccccc1C)C(C)=O. The third kappa shape index (κ3) is 3.52. The number of esters is 1. The number of carbonyl (C=O) groups excluding carboxylic acids is 2. The summed E-state index contributed by atoms with van der Waals surface area (Å²) in [6, 6.07) is 7.28. The van der Waals surface area contributed by atoms with Crippen LogP contribution in [0.3, 0.4) is 0 Å². The standard InChI is InChI=1S/C13H15NO3/c1-4-17-13(16)12(10(3)15)14-11-8-6-5-7-9(11)2/h5-8H,4H2,1-3H3/b14-12+. The van der Waals surface area contributed by atoms with Crippen molar-refractivity contribution in [1.82, 2.24) is 0 Å². The fourth-order valence-corrected chi connectivity index (χ4v) is 1.28. The predicted octanol–water partition coefficient (Wildman–Crippen LogP) is 2.22. The van der Waals surface area contributed by atoms with E-state index in [0.29, 0.717) is 5.69 Å². The number of aliphatic imine (C=N–C) groups is 1. The molecule has 4 heteroatoms. The lowest BCUT2D eigenvalue weighted by atomic mass is 10.2. The minimum atomic E-state index is -0.678. The van der Waals surface area contributed by atoms with E-state index in [2.05, 4.69) is 4.99 Å². The lowest BCUT2D eigenvalue weighted by Gasteiger charge is -2.04. The highest BCUT2D eigenvalue weighted by Gasteiger charge is 2.18. The molecule has 0 atom stereocenters. The molecule has 1 aromatic carbocycles. The summed E-state index contributed by atoms with van der Waals surface area (Å²) in [5, 5.41) is 0. The number of hydrogen-bond donors (Lipinski definition) is 0. The number of nitrogens with zero attached hydrogens (tertiary/aromatic N) is 1. The smallest absolute Gasteiger partial charge is 0.360 e. The van der Waals surface area contributed by atoms with Gasteiger partial charge in [-0.15, -0.1) is 0 Å². The van der Waals surface area contributed by atoms with Crippen LogP contribution in [0.15, 0.2) is 29.3 Å². The Morgan fingerprint density at radius 3 is 2.47 bits per heavy atom. The average Bonchev–Trinajstić information content (AvgIpc) is 2.27. The molecule has 0 aliphatic rings. The predicted molar refractivity (Wildman–Crippen MR) is 65.6 cm³/mol. The van der Waals surface area contributed by atoms with Crippen LogP contribution in [0.25, 0.3) is 0 Å². The quantitative estimate of drug-likeness (QED) is 0.455. The monoisotopic (exact) mass is 233 g/mol. The van der Waals surface area contributed by atoms with Crippen molar-refractivity contribution in [2.45, 2.75) is 20.8 Å². The molecule has 0 aromatic heterocycles. The van der Waals surface area contributed by atoms with Gasteiger partial charge in [0, 0.05) is 6.92 Å². The molecule has 0 radical (unpaired) electrons. The van der Waals surface area contributed by atoms with Crippen LogP contribution >= 0.6 is 0 Å². The van der Waals surface area contributed by atoms with Gasteiger partial charge in [-0.05, 0) is 25.5 Å². The molecule has 4 nitrogen and oxygen atoms in total. The Morgan fingerprint density at radius 2 is 1.94 bits per heavy atom. The number of benzene rings is 1. The fourth-order valence-electron chi connectivity index (χ4n) is 1.28. The number of hydrogen-bond acceptors (Lipinski definition) is 4. The number of rotatable bonds is 4. The van der Waals surface area contributed by atoms with Gasteiger partial charge >= 0.3 is 5.97 Å². The molecule has 0 fully saturated rings. The number of ether oxygens (including phenoxy) is 1. The van der Waals surface area contributed by atoms with Gasteiger partial charge in [0.25, 0.3) is 0 Å². The van der Waals surface area contributed by atoms with E-state index < -0.39 is 11.8 Å². The van der Waals surface area contributed by atoms with Crippen molar-refractivity contribution in [2.75, 3.05) is 6.61 Å². The summed E-state index contributed by atoms with van der Waals surface area (Å²) < 4.78 is 4.79. The average molecular weight is 233 g/mol. The molecule has 0 aliphatic carbocycles. The van der Waals surface area contributed by atoms with Gasteiger partial charge < -0.3 is 4.74 Å². The van der Waals surface area contributed by atoms with Gasteiger partial charge in [-0.3, -0.25) is 4.79 Å². The fraction of sp³-hybridized carbons (Fsp3) is 0.308. The first-order chi connectivity index (χ1) is 8.06. The van der Waals surface area contributed by atoms with Gasteiger partial charge in [0.2, 0.25) is 0 Å². The minimum absolute atomic E-state index is 0.166. The normalized spacial score (nSPS) is 11.1. The molecule has 0 spiro atoms. The van der Waals surface area contributed by atoms with Gasteiger partial charge in [-0.1, -0.05) is 18.2 Å². The van der Waals surface area contributed by atoms with Crippen molar-refractivity contribution in [3.05, 3.63) is 29.8 Å². The molecule has 0 N–H and O–H groups in total. The molecular formula is C13H15NO3. The number of Topliss-reactive ketones (excluding diaryl/α,β-unsaturated/α-hetero) is 1. The van der Waals surface area contributed by atoms with E-state index in [1.54, 1.807) is 19.1 Å². The summed E-state index contributed by atoms with van der Waals surface area (Å²) in [7, 11) is 0. The third-order valence-corrected chi connectivity index (χ3v) is 2.15. The van der Waals surface area contributed by atoms with Gasteiger partial charge in [0.15, 0.2) is 11.5 Å². The van der Waals surface area contributed by atoms with Crippen LogP contribution in [0.2, 0.25) is 0 Å². The molecular weight excluding hydrogens is 218 g/mol. The Bertz CT molecular complexity index is 463. The zero-order valence-electron chi connectivity index (χ0n) is 10.2. The second kappa shape index (κ2) is 5.94. The van der Waals surface area contributed by atoms with Crippen LogP contribution in [0.5, 0.6) is 0 Å². The molecule has 1 aromatic rings. The van der Waals surface area contributed by atoms with E-state index in [1.165, 1.54) is 6.92 Å². The molecule has 0 saturated heterocycles. The Morgan fingerprint density at radius 1 is 1.29 bits per heavy atom. The Balaban J connectivity index is 3.11. The minimum Gasteiger partial charge on any atom is -0.461 e. The highest BCUT2D eigenvalue weighted by Crippen LogP contribution is 2.17. The maximum Gasteiger partial charge on any atom is 0.360 e. The molecule has 0 saturated carbocycles. The van der Waals surface area contributed by atoms with Gasteiger partial charge in [-0.2, -0.15) is 0 Å². The summed E-state index contributed by atoms with van der Waals surface area (Å²) in [4.78, 5) is 26.9. The summed E-state index contributed by atoms with van der Waals surface area (Å²) >= 11 is 0. The van der Waals surface area contributed by atoms with E-state index in [0.717, 1.165) is 5.56 Å². The van der Waals surface area contributed by atoms with Crippen molar-refractivity contribution in [3.63, 3.8) is 0 Å². The summed E-state index contributed by atoms with van der Waals surface area (Å²) in [6.07, 6.45) is 0. The topological polar surface area (TPSA) is 55.7 Å². The Labute approximate surface area is 100 Å². The highest BCUT2D eigenvalue weighted by atomic mass is 16.5. The first kappa shape index (κ1) is 13.1. The van der Waals surface area contributed by atoms with Gasteiger partial charge in [-0.25, -0.2) is 9.79 Å². The Hall–Kier alpha value is -1.97. The maximum atomic E-state index is 11.5. The van der Waals surface area contributed by atoms with E-state index in [9.17, 15) is 9.59 Å². The molecule has 0 amide bonds. The van der Waals surface area contributed by atoms with Crippen LogP contribution in [0.4, 0.5) is 5.69 Å². The number of ketones is 1. The largest absolute Gasteiger partial charge is 0.461 e. The van der Waals surface area contributed by atoms with E-state index in [4.69, 9.17) is 4.74 Å². The number of carbonyl (C=O) groups is 2. The van der Waals surface area contributed by atoms with Crippen LogP contribution < -0.4 is 0 Å². The maximum absolute atomic E-state index is 11.5. The van der Waals surface area contributed by atoms with E-state index in [1.807, 2.05) is 19.1 Å². The first-order valence-corrected chi connectivity index (χ1v) is 5.38. The van der Waals surface area contributed by atoms with Crippen molar-refractivity contribution in [2.24, 2.45) is 4.99 Å². The van der Waals surface area contributed by atoms with Crippen molar-refractivity contribution < 1.29 is 14.3 Å². The lowest BCUT2D eigenvalue weighted by molar-refractivity contribution is -0.135. The molecule has 17 heavy (non-hydrogen) atoms. The van der Waals surface area contributed by atoms with Crippen molar-refractivity contribution in [3.8, 4) is 0 Å². The second-order valence-corrected chi connectivity index (χ2v) is 3.52. The molecule has 90 valence electrons. The second-order valence-electron chi connectivity index (χ2n) is 3.52. The summed E-state index contributed by atoms with van der Waals surface area (Å²) in [6.45, 7) is 5.07. The van der Waals surface area contributed by atoms with Crippen LogP contribution in [0.1, 0.15) is 19.4 Å². The van der Waals surface area contributed by atoms with E-state index in [-0.39, 0.29) is 12.3 Å². The zero-order chi connectivity index (χ0) is 12.8. The lowest BCUT2D eigenvalue weighted by Crippen LogP contribution is -2.24. The summed E-state index contributed by atoms with van der Waals surface area (Å²) in [5.74, 6) is -1.07. The first-order valence-electron chi connectivity index (χ1n) is 5.38. The van der Waals surface area contributed by atoms with Gasteiger partial charge in [0.05, 0.1) is 12.3 Å². The highest BCUT2D eigenvalue weighted by molar-refractivity contribution is 6.64. The number of para-hydroxylation sites is 1. The zero-order valence-corrected chi connectivity index (χ0v) is 10.2. The molecule has 0 bridgehead atoms. The third-order valence-electron chi connectivity index (χ3n) is 2.15. The Kier molecular flexibility index (Phi) is 4.57. The van der Waals surface area contributed by atoms with Gasteiger partial charge in [0.1, 0.15) is 0 Å². The molecule has 0 heterocycles. The molecule has 1 rings (SSSR count). The number of aryl methyl sites for hydroxylation is 1. The van der Waals surface area contributed by atoms with E-state index >= 15 is 0 Å². The summed E-state index contributed by atoms with van der Waals surface area (Å²) in [5.41, 5.74) is 1.34. The van der Waals surface area contributed by atoms with Crippen LogP contribution in [0, 0.1) is 6.92 Å². The van der Waals surface area contributed by atoms with Crippen molar-refractivity contribution >= 4 is 23.2 Å².